The molecule has 3 aromatic heterocycles. The molecule has 4 heterocycles. The van der Waals surface area contributed by atoms with Gasteiger partial charge in [0.25, 0.3) is 0 Å². The lowest BCUT2D eigenvalue weighted by atomic mass is 10.00. The molecule has 0 unspecified atom stereocenters. The van der Waals surface area contributed by atoms with Gasteiger partial charge >= 0.3 is 6.03 Å². The molecule has 0 atom stereocenters. The summed E-state index contributed by atoms with van der Waals surface area (Å²) in [5, 5.41) is 4.88. The molecule has 1 aliphatic rings. The number of piperidine rings is 1. The Labute approximate surface area is 184 Å². The summed E-state index contributed by atoms with van der Waals surface area (Å²) in [5.41, 5.74) is 5.46. The third kappa shape index (κ3) is 3.09. The maximum atomic E-state index is 12.7. The van der Waals surface area contributed by atoms with Crippen molar-refractivity contribution >= 4 is 55.6 Å². The lowest BCUT2D eigenvalue weighted by molar-refractivity contribution is 0.186. The van der Waals surface area contributed by atoms with Crippen LogP contribution < -0.4 is 5.32 Å². The van der Waals surface area contributed by atoms with Gasteiger partial charge in [0.1, 0.15) is 0 Å². The minimum Gasteiger partial charge on any atom is -0.325 e. The van der Waals surface area contributed by atoms with E-state index in [2.05, 4.69) is 22.2 Å². The van der Waals surface area contributed by atoms with E-state index in [1.54, 1.807) is 12.4 Å². The van der Waals surface area contributed by atoms with Gasteiger partial charge in [-0.15, -0.1) is 0 Å². The second-order valence-corrected chi connectivity index (χ2v) is 8.52. The zero-order valence-electron chi connectivity index (χ0n) is 17.7. The molecular formula is C25H22N6O. The Morgan fingerprint density at radius 1 is 0.875 bits per heavy atom. The van der Waals surface area contributed by atoms with Crippen molar-refractivity contribution in [1.82, 2.24) is 24.8 Å². The van der Waals surface area contributed by atoms with Crippen LogP contribution in [-0.4, -0.2) is 44.0 Å². The number of aromatic nitrogens is 4. The highest BCUT2D eigenvalue weighted by Crippen LogP contribution is 2.32. The van der Waals surface area contributed by atoms with Gasteiger partial charge in [0, 0.05) is 41.9 Å². The third-order valence-electron chi connectivity index (χ3n) is 6.34. The summed E-state index contributed by atoms with van der Waals surface area (Å²) in [4.78, 5) is 33.6. The summed E-state index contributed by atoms with van der Waals surface area (Å²) in [6, 6.07) is 13.4. The van der Waals surface area contributed by atoms with E-state index in [9.17, 15) is 4.79 Å². The molecule has 1 fully saturated rings. The predicted octanol–water partition coefficient (Wildman–Crippen LogP) is 5.14. The summed E-state index contributed by atoms with van der Waals surface area (Å²) in [6.45, 7) is 3.83. The van der Waals surface area contributed by atoms with Crippen molar-refractivity contribution in [3.05, 3.63) is 54.9 Å². The van der Waals surface area contributed by atoms with Crippen molar-refractivity contribution in [2.45, 2.75) is 19.8 Å². The molecule has 1 N–H and O–H groups in total. The zero-order valence-corrected chi connectivity index (χ0v) is 17.7. The van der Waals surface area contributed by atoms with Crippen LogP contribution >= 0.6 is 0 Å². The molecule has 2 amide bonds. The number of pyridine rings is 2. The molecule has 7 heteroatoms. The van der Waals surface area contributed by atoms with Crippen molar-refractivity contribution in [3.8, 4) is 0 Å². The molecule has 0 radical (unpaired) electrons. The number of anilines is 1. The molecule has 32 heavy (non-hydrogen) atoms. The number of nitrogens with one attached hydrogen (secondary N) is 1. The number of hydrogen-bond acceptors (Lipinski definition) is 5. The summed E-state index contributed by atoms with van der Waals surface area (Å²) >= 11 is 0. The molecule has 0 spiro atoms. The number of benzene rings is 2. The largest absolute Gasteiger partial charge is 0.325 e. The van der Waals surface area contributed by atoms with Gasteiger partial charge in [0.2, 0.25) is 0 Å². The molecule has 158 valence electrons. The maximum absolute atomic E-state index is 12.7. The van der Waals surface area contributed by atoms with Gasteiger partial charge in [-0.25, -0.2) is 14.8 Å². The first-order valence-electron chi connectivity index (χ1n) is 11.0. The van der Waals surface area contributed by atoms with Gasteiger partial charge in [0.15, 0.2) is 0 Å². The third-order valence-corrected chi connectivity index (χ3v) is 6.34. The smallest absolute Gasteiger partial charge is 0.321 e. The van der Waals surface area contributed by atoms with Crippen LogP contribution in [0.4, 0.5) is 10.5 Å². The summed E-state index contributed by atoms with van der Waals surface area (Å²) < 4.78 is 0. The number of likely N-dealkylation sites (tertiary alicyclic amines) is 1. The standard InChI is InChI=1S/C25H22N6O/c1-15-8-12-31(13-9-15)25(32)28-16-6-7-19-20(14-16)30-24-18-5-3-11-27-22(18)21-17(23(24)29-19)4-2-10-26-21/h2-7,10-11,14-15H,8-9,12-13H2,1H3,(H,28,32). The van der Waals surface area contributed by atoms with Crippen molar-refractivity contribution in [2.24, 2.45) is 5.92 Å². The molecule has 7 nitrogen and oxygen atoms in total. The Balaban J connectivity index is 1.46. The van der Waals surface area contributed by atoms with Crippen LogP contribution in [0.5, 0.6) is 0 Å². The zero-order chi connectivity index (χ0) is 21.7. The van der Waals surface area contributed by atoms with Crippen LogP contribution in [0.3, 0.4) is 0 Å². The number of rotatable bonds is 1. The average Bonchev–Trinajstić information content (AvgIpc) is 2.83. The van der Waals surface area contributed by atoms with Crippen LogP contribution in [0.1, 0.15) is 19.8 Å². The molecular weight excluding hydrogens is 400 g/mol. The van der Waals surface area contributed by atoms with E-state index in [-0.39, 0.29) is 6.03 Å². The van der Waals surface area contributed by atoms with Gasteiger partial charge in [-0.05, 0) is 61.2 Å². The average molecular weight is 422 g/mol. The Morgan fingerprint density at radius 3 is 2.16 bits per heavy atom. The Hall–Kier alpha value is -3.87. The molecule has 6 rings (SSSR count). The first-order valence-corrected chi connectivity index (χ1v) is 11.0. The minimum atomic E-state index is -0.0586. The van der Waals surface area contributed by atoms with Crippen molar-refractivity contribution in [3.63, 3.8) is 0 Å². The van der Waals surface area contributed by atoms with Crippen molar-refractivity contribution in [2.75, 3.05) is 18.4 Å². The van der Waals surface area contributed by atoms with E-state index in [1.807, 2.05) is 47.4 Å². The second kappa shape index (κ2) is 7.37. The van der Waals surface area contributed by atoms with E-state index in [0.717, 1.165) is 75.5 Å². The van der Waals surface area contributed by atoms with Crippen LogP contribution in [0, 0.1) is 5.92 Å². The number of amides is 2. The lowest BCUT2D eigenvalue weighted by Crippen LogP contribution is -2.40. The topological polar surface area (TPSA) is 83.9 Å². The highest BCUT2D eigenvalue weighted by Gasteiger charge is 2.20. The van der Waals surface area contributed by atoms with Crippen LogP contribution in [0.2, 0.25) is 0 Å². The highest BCUT2D eigenvalue weighted by molar-refractivity contribution is 6.21. The summed E-state index contributed by atoms with van der Waals surface area (Å²) in [7, 11) is 0. The van der Waals surface area contributed by atoms with Gasteiger partial charge < -0.3 is 10.2 Å². The number of carbonyl (C=O) groups is 1. The predicted molar refractivity (Wildman–Crippen MR) is 127 cm³/mol. The Morgan fingerprint density at radius 2 is 1.50 bits per heavy atom. The van der Waals surface area contributed by atoms with Crippen molar-refractivity contribution < 1.29 is 4.79 Å². The molecule has 1 aliphatic heterocycles. The number of carbonyl (C=O) groups excluding carboxylic acids is 1. The van der Waals surface area contributed by atoms with Crippen LogP contribution in [0.15, 0.2) is 54.9 Å². The quantitative estimate of drug-likeness (QED) is 0.299. The SMILES string of the molecule is CC1CCN(C(=O)Nc2ccc3nc4c5cccnc5c5ncccc5c4nc3c2)CC1. The Bertz CT molecular complexity index is 1510. The van der Waals surface area contributed by atoms with E-state index < -0.39 is 0 Å². The number of hydrogen-bond donors (Lipinski definition) is 1. The Kier molecular flexibility index (Phi) is 4.35. The van der Waals surface area contributed by atoms with Crippen LogP contribution in [0.25, 0.3) is 43.9 Å². The normalized spacial score (nSPS) is 15.1. The maximum Gasteiger partial charge on any atom is 0.321 e. The van der Waals surface area contributed by atoms with Gasteiger partial charge in [-0.3, -0.25) is 9.97 Å². The van der Waals surface area contributed by atoms with Crippen LogP contribution in [-0.2, 0) is 0 Å². The first-order chi connectivity index (χ1) is 15.7. The number of nitrogens with zero attached hydrogens (tertiary/aromatic N) is 5. The minimum absolute atomic E-state index is 0.0586. The molecule has 1 saturated heterocycles. The molecule has 0 aliphatic carbocycles. The monoisotopic (exact) mass is 422 g/mol. The molecule has 0 bridgehead atoms. The fourth-order valence-corrected chi connectivity index (χ4v) is 4.49. The van der Waals surface area contributed by atoms with Crippen molar-refractivity contribution in [1.29, 1.82) is 0 Å². The van der Waals surface area contributed by atoms with E-state index in [0.29, 0.717) is 5.92 Å². The molecule has 0 saturated carbocycles. The van der Waals surface area contributed by atoms with Gasteiger partial charge in [0.05, 0.1) is 33.1 Å². The van der Waals surface area contributed by atoms with E-state index >= 15 is 0 Å². The van der Waals surface area contributed by atoms with E-state index in [1.165, 1.54) is 0 Å². The summed E-state index contributed by atoms with van der Waals surface area (Å²) in [6.07, 6.45) is 5.64. The van der Waals surface area contributed by atoms with Gasteiger partial charge in [-0.2, -0.15) is 0 Å². The lowest BCUT2D eigenvalue weighted by Gasteiger charge is -2.30. The fourth-order valence-electron chi connectivity index (χ4n) is 4.49. The number of fused-ring (bicyclic) bond motifs is 7. The summed E-state index contributed by atoms with van der Waals surface area (Å²) in [5.74, 6) is 0.680. The van der Waals surface area contributed by atoms with Gasteiger partial charge in [-0.1, -0.05) is 6.92 Å². The first kappa shape index (κ1) is 18.9. The number of urea groups is 1. The van der Waals surface area contributed by atoms with E-state index in [4.69, 9.17) is 9.97 Å². The molecule has 5 aromatic rings. The fraction of sp³-hybridized carbons (Fsp3) is 0.240. The second-order valence-electron chi connectivity index (χ2n) is 8.52. The highest BCUT2D eigenvalue weighted by atomic mass is 16.2. The molecule has 2 aromatic carbocycles.